The molecule has 2 atom stereocenters. The Kier molecular flexibility index (Phi) is 43.3. The van der Waals surface area contributed by atoms with Crippen molar-refractivity contribution in [1.82, 2.24) is 0 Å². The van der Waals surface area contributed by atoms with Crippen molar-refractivity contribution in [3.05, 3.63) is 12.2 Å². The molecule has 0 aliphatic carbocycles. The van der Waals surface area contributed by atoms with Gasteiger partial charge < -0.3 is 20.1 Å². The maximum atomic E-state index is 12.6. The summed E-state index contributed by atoms with van der Waals surface area (Å²) < 4.78 is 32.8. The van der Waals surface area contributed by atoms with Crippen LogP contribution in [0.4, 0.5) is 0 Å². The van der Waals surface area contributed by atoms with Gasteiger partial charge in [-0.05, 0) is 38.5 Å². The van der Waals surface area contributed by atoms with E-state index in [1.165, 1.54) is 161 Å². The van der Waals surface area contributed by atoms with Crippen molar-refractivity contribution in [3.63, 3.8) is 0 Å². The maximum Gasteiger partial charge on any atom is 0.472 e. The average Bonchev–Trinajstić information content (AvgIpc) is 3.20. The van der Waals surface area contributed by atoms with Gasteiger partial charge in [0, 0.05) is 19.4 Å². The molecule has 0 spiro atoms. The quantitative estimate of drug-likeness (QED) is 0.0266. The first-order chi connectivity index (χ1) is 27.8. The third-order valence-electron chi connectivity index (χ3n) is 10.7. The Hall–Kier alpha value is -1.25. The first-order valence-electron chi connectivity index (χ1n) is 24.2. The number of hydrogen-bond acceptors (Lipinski definition) is 8. The number of nitrogens with two attached hydrogens (primary N) is 1. The van der Waals surface area contributed by atoms with E-state index in [2.05, 4.69) is 26.0 Å². The summed E-state index contributed by atoms with van der Waals surface area (Å²) in [6.45, 7) is 3.75. The minimum Gasteiger partial charge on any atom is -0.462 e. The molecular formula is C47H92NO8P. The number of carbonyl (C=O) groups is 2. The molecule has 0 radical (unpaired) electrons. The largest absolute Gasteiger partial charge is 0.472 e. The van der Waals surface area contributed by atoms with Crippen molar-refractivity contribution < 1.29 is 37.6 Å². The summed E-state index contributed by atoms with van der Waals surface area (Å²) in [6.07, 6.45) is 46.8. The monoisotopic (exact) mass is 830 g/mol. The zero-order valence-corrected chi connectivity index (χ0v) is 38.2. The Labute approximate surface area is 351 Å². The van der Waals surface area contributed by atoms with Crippen LogP contribution in [0.25, 0.3) is 0 Å². The van der Waals surface area contributed by atoms with Crippen molar-refractivity contribution in [2.45, 2.75) is 251 Å². The minimum absolute atomic E-state index is 0.0553. The van der Waals surface area contributed by atoms with E-state index in [1.807, 2.05) is 0 Å². The molecule has 57 heavy (non-hydrogen) atoms. The Morgan fingerprint density at radius 3 is 1.26 bits per heavy atom. The van der Waals surface area contributed by atoms with Gasteiger partial charge in [-0.25, -0.2) is 4.57 Å². The predicted molar refractivity (Wildman–Crippen MR) is 238 cm³/mol. The number of esters is 2. The zero-order valence-electron chi connectivity index (χ0n) is 37.3. The fourth-order valence-electron chi connectivity index (χ4n) is 7.04. The number of ether oxygens (including phenoxy) is 2. The van der Waals surface area contributed by atoms with Gasteiger partial charge in [-0.2, -0.15) is 0 Å². The van der Waals surface area contributed by atoms with E-state index in [9.17, 15) is 19.0 Å². The van der Waals surface area contributed by atoms with Crippen LogP contribution in [0.2, 0.25) is 0 Å². The summed E-state index contributed by atoms with van der Waals surface area (Å²) in [5.74, 6) is -0.825. The van der Waals surface area contributed by atoms with Crippen LogP contribution in [-0.4, -0.2) is 49.3 Å². The number of hydrogen-bond donors (Lipinski definition) is 2. The topological polar surface area (TPSA) is 134 Å². The highest BCUT2D eigenvalue weighted by Crippen LogP contribution is 2.43. The van der Waals surface area contributed by atoms with Gasteiger partial charge in [-0.1, -0.05) is 206 Å². The van der Waals surface area contributed by atoms with Crippen LogP contribution < -0.4 is 5.73 Å². The summed E-state index contributed by atoms with van der Waals surface area (Å²) >= 11 is 0. The molecule has 3 N–H and O–H groups in total. The summed E-state index contributed by atoms with van der Waals surface area (Å²) in [4.78, 5) is 34.9. The second-order valence-corrected chi connectivity index (χ2v) is 17.8. The lowest BCUT2D eigenvalue weighted by Crippen LogP contribution is -2.29. The summed E-state index contributed by atoms with van der Waals surface area (Å²) in [7, 11) is -4.37. The fourth-order valence-corrected chi connectivity index (χ4v) is 7.81. The number of phosphoric acid groups is 1. The van der Waals surface area contributed by atoms with Crippen LogP contribution in [0, 0.1) is 0 Å². The first kappa shape index (κ1) is 55.8. The molecule has 10 heteroatoms. The average molecular weight is 830 g/mol. The Morgan fingerprint density at radius 2 is 0.860 bits per heavy atom. The van der Waals surface area contributed by atoms with E-state index in [0.29, 0.717) is 6.42 Å². The third kappa shape index (κ3) is 44.1. The second-order valence-electron chi connectivity index (χ2n) is 16.3. The van der Waals surface area contributed by atoms with Crippen molar-refractivity contribution >= 4 is 19.8 Å². The van der Waals surface area contributed by atoms with Gasteiger partial charge in [0.25, 0.3) is 0 Å². The molecule has 0 bridgehead atoms. The smallest absolute Gasteiger partial charge is 0.462 e. The first-order valence-corrected chi connectivity index (χ1v) is 25.7. The number of allylic oxidation sites excluding steroid dienone is 2. The molecule has 0 aromatic carbocycles. The minimum atomic E-state index is -4.37. The van der Waals surface area contributed by atoms with Gasteiger partial charge in [0.05, 0.1) is 13.2 Å². The van der Waals surface area contributed by atoms with Crippen LogP contribution >= 0.6 is 7.82 Å². The highest BCUT2D eigenvalue weighted by atomic mass is 31.2. The number of carbonyl (C=O) groups excluding carboxylic acids is 2. The number of rotatable bonds is 46. The number of phosphoric ester groups is 1. The SMILES string of the molecule is CCCCCC/C=C/CCCCCCCC(=O)OC[C@H](COP(=O)(O)OCCN)OC(=O)CCCCCCCCCCCCCCCCCCCCCCCCC. The van der Waals surface area contributed by atoms with E-state index in [4.69, 9.17) is 24.3 Å². The molecule has 0 aromatic heterocycles. The van der Waals surface area contributed by atoms with Gasteiger partial charge in [-0.3, -0.25) is 18.6 Å². The van der Waals surface area contributed by atoms with Gasteiger partial charge in [0.2, 0.25) is 0 Å². The van der Waals surface area contributed by atoms with Crippen molar-refractivity contribution in [2.75, 3.05) is 26.4 Å². The number of unbranched alkanes of at least 4 members (excludes halogenated alkanes) is 31. The lowest BCUT2D eigenvalue weighted by atomic mass is 10.0. The maximum absolute atomic E-state index is 12.6. The standard InChI is InChI=1S/C47H92NO8P/c1-3-5-7-9-11-13-15-17-18-19-20-21-22-23-24-25-26-28-30-32-34-36-38-40-47(50)56-45(44-55-57(51,52)54-42-41-48)43-53-46(49)39-37-35-33-31-29-27-16-14-12-10-8-6-4-2/h14,16,45H,3-13,15,17-44,48H2,1-2H3,(H,51,52)/b16-14+/t45-/m1/s1. The second kappa shape index (κ2) is 44.3. The van der Waals surface area contributed by atoms with Crippen LogP contribution in [-0.2, 0) is 32.7 Å². The summed E-state index contributed by atoms with van der Waals surface area (Å²) in [5.41, 5.74) is 5.36. The molecule has 0 amide bonds. The molecule has 0 fully saturated rings. The molecule has 1 unspecified atom stereocenters. The van der Waals surface area contributed by atoms with Crippen molar-refractivity contribution in [2.24, 2.45) is 5.73 Å². The Morgan fingerprint density at radius 1 is 0.509 bits per heavy atom. The Bertz CT molecular complexity index is 948. The molecule has 0 aromatic rings. The van der Waals surface area contributed by atoms with E-state index < -0.39 is 26.5 Å². The van der Waals surface area contributed by atoms with E-state index in [0.717, 1.165) is 51.4 Å². The lowest BCUT2D eigenvalue weighted by molar-refractivity contribution is -0.161. The molecular weight excluding hydrogens is 737 g/mol. The van der Waals surface area contributed by atoms with E-state index in [1.54, 1.807) is 0 Å². The van der Waals surface area contributed by atoms with Gasteiger partial charge in [0.15, 0.2) is 6.10 Å². The summed E-state index contributed by atoms with van der Waals surface area (Å²) in [5, 5.41) is 0. The fraction of sp³-hybridized carbons (Fsp3) is 0.915. The molecule has 338 valence electrons. The van der Waals surface area contributed by atoms with Gasteiger partial charge in [-0.15, -0.1) is 0 Å². The van der Waals surface area contributed by atoms with Gasteiger partial charge >= 0.3 is 19.8 Å². The third-order valence-corrected chi connectivity index (χ3v) is 11.6. The van der Waals surface area contributed by atoms with E-state index in [-0.39, 0.29) is 38.6 Å². The highest BCUT2D eigenvalue weighted by Gasteiger charge is 2.26. The molecule has 0 heterocycles. The predicted octanol–water partition coefficient (Wildman–Crippen LogP) is 14.2. The summed E-state index contributed by atoms with van der Waals surface area (Å²) in [6, 6.07) is 0. The van der Waals surface area contributed by atoms with E-state index >= 15 is 0 Å². The van der Waals surface area contributed by atoms with Crippen molar-refractivity contribution in [3.8, 4) is 0 Å². The van der Waals surface area contributed by atoms with Crippen LogP contribution in [0.3, 0.4) is 0 Å². The molecule has 0 aliphatic rings. The zero-order chi connectivity index (χ0) is 41.8. The Balaban J connectivity index is 3.99. The van der Waals surface area contributed by atoms with Crippen LogP contribution in [0.15, 0.2) is 12.2 Å². The van der Waals surface area contributed by atoms with Crippen molar-refractivity contribution in [1.29, 1.82) is 0 Å². The van der Waals surface area contributed by atoms with Crippen LogP contribution in [0.5, 0.6) is 0 Å². The molecule has 9 nitrogen and oxygen atoms in total. The highest BCUT2D eigenvalue weighted by molar-refractivity contribution is 7.47. The molecule has 0 saturated heterocycles. The molecule has 0 aliphatic heterocycles. The normalized spacial score (nSPS) is 13.3. The van der Waals surface area contributed by atoms with Crippen LogP contribution in [0.1, 0.15) is 245 Å². The molecule has 0 saturated carbocycles. The molecule has 0 rings (SSSR count). The lowest BCUT2D eigenvalue weighted by Gasteiger charge is -2.19. The van der Waals surface area contributed by atoms with Gasteiger partial charge in [0.1, 0.15) is 6.61 Å².